The van der Waals surface area contributed by atoms with Crippen LogP contribution < -0.4 is 5.32 Å². The summed E-state index contributed by atoms with van der Waals surface area (Å²) in [6, 6.07) is 7.47. The van der Waals surface area contributed by atoms with Gasteiger partial charge in [0.1, 0.15) is 5.82 Å². The normalized spacial score (nSPS) is 33.6. The molecule has 0 aromatic heterocycles. The van der Waals surface area contributed by atoms with Crippen molar-refractivity contribution in [2.75, 3.05) is 6.61 Å². The first-order valence-corrected chi connectivity index (χ1v) is 7.14. The Balaban J connectivity index is 1.74. The molecule has 2 nitrogen and oxygen atoms in total. The number of ether oxygens (including phenoxy) is 1. The summed E-state index contributed by atoms with van der Waals surface area (Å²) >= 11 is 0. The van der Waals surface area contributed by atoms with Gasteiger partial charge in [-0.1, -0.05) is 32.0 Å². The van der Waals surface area contributed by atoms with Crippen molar-refractivity contribution in [3.05, 3.63) is 35.6 Å². The Hall–Kier alpha value is -0.930. The Morgan fingerprint density at radius 1 is 1.37 bits per heavy atom. The number of rotatable bonds is 3. The minimum absolute atomic E-state index is 0.0343. The van der Waals surface area contributed by atoms with Gasteiger partial charge in [0.25, 0.3) is 0 Å². The molecule has 1 heterocycles. The molecule has 3 heteroatoms. The van der Waals surface area contributed by atoms with Crippen molar-refractivity contribution in [3.63, 3.8) is 0 Å². The molecule has 1 aromatic carbocycles. The van der Waals surface area contributed by atoms with Crippen molar-refractivity contribution in [2.24, 2.45) is 11.3 Å². The van der Waals surface area contributed by atoms with Gasteiger partial charge in [0.05, 0.1) is 6.10 Å². The van der Waals surface area contributed by atoms with Gasteiger partial charge in [-0.15, -0.1) is 0 Å². The number of hydrogen-bond acceptors (Lipinski definition) is 2. The van der Waals surface area contributed by atoms with Crippen LogP contribution in [0.3, 0.4) is 0 Å². The minimum Gasteiger partial charge on any atom is -0.377 e. The van der Waals surface area contributed by atoms with Crippen molar-refractivity contribution in [2.45, 2.75) is 45.4 Å². The van der Waals surface area contributed by atoms with Gasteiger partial charge in [0.2, 0.25) is 0 Å². The van der Waals surface area contributed by atoms with E-state index in [1.807, 2.05) is 19.1 Å². The summed E-state index contributed by atoms with van der Waals surface area (Å²) in [5, 5.41) is 3.62. The van der Waals surface area contributed by atoms with Crippen LogP contribution >= 0.6 is 0 Å². The summed E-state index contributed by atoms with van der Waals surface area (Å²) in [5.74, 6) is 0.461. The predicted molar refractivity (Wildman–Crippen MR) is 73.4 cm³/mol. The second-order valence-electron chi connectivity index (χ2n) is 6.45. The highest BCUT2D eigenvalue weighted by atomic mass is 19.1. The van der Waals surface area contributed by atoms with Gasteiger partial charge in [-0.2, -0.15) is 0 Å². The van der Waals surface area contributed by atoms with Crippen molar-refractivity contribution in [1.82, 2.24) is 5.32 Å². The molecule has 2 aliphatic rings. The second kappa shape index (κ2) is 4.57. The Labute approximate surface area is 114 Å². The van der Waals surface area contributed by atoms with Crippen LogP contribution in [0.5, 0.6) is 0 Å². The molecule has 0 radical (unpaired) electrons. The summed E-state index contributed by atoms with van der Waals surface area (Å²) in [6.45, 7) is 7.39. The lowest BCUT2D eigenvalue weighted by Crippen LogP contribution is -2.66. The summed E-state index contributed by atoms with van der Waals surface area (Å²) in [5.41, 5.74) is 0.890. The van der Waals surface area contributed by atoms with Crippen LogP contribution in [0, 0.1) is 17.2 Å². The first-order valence-electron chi connectivity index (χ1n) is 7.14. The highest BCUT2D eigenvalue weighted by Crippen LogP contribution is 2.52. The standard InChI is InChI=1S/C16H22FNO/c1-10(11-6-4-5-7-13(11)17)18-14-12-8-9-19-15(12)16(14,2)3/h4-7,10,12,14-15,18H,8-9H2,1-3H3. The maximum atomic E-state index is 13.8. The van der Waals surface area contributed by atoms with E-state index in [0.29, 0.717) is 18.1 Å². The fourth-order valence-electron chi connectivity index (χ4n) is 3.85. The lowest BCUT2D eigenvalue weighted by atomic mass is 9.57. The smallest absolute Gasteiger partial charge is 0.127 e. The van der Waals surface area contributed by atoms with E-state index in [0.717, 1.165) is 18.6 Å². The van der Waals surface area contributed by atoms with E-state index in [1.165, 1.54) is 6.07 Å². The van der Waals surface area contributed by atoms with Crippen molar-refractivity contribution >= 4 is 0 Å². The first-order chi connectivity index (χ1) is 9.01. The molecule has 4 atom stereocenters. The van der Waals surface area contributed by atoms with Crippen LogP contribution in [0.15, 0.2) is 24.3 Å². The number of halogens is 1. The van der Waals surface area contributed by atoms with E-state index in [1.54, 1.807) is 6.07 Å². The molecule has 0 amide bonds. The molecule has 1 aliphatic carbocycles. The summed E-state index contributed by atoms with van der Waals surface area (Å²) < 4.78 is 19.6. The second-order valence-corrected chi connectivity index (χ2v) is 6.45. The van der Waals surface area contributed by atoms with Crippen LogP contribution in [0.2, 0.25) is 0 Å². The van der Waals surface area contributed by atoms with E-state index < -0.39 is 0 Å². The zero-order chi connectivity index (χ0) is 13.6. The van der Waals surface area contributed by atoms with Crippen molar-refractivity contribution in [3.8, 4) is 0 Å². The highest BCUT2D eigenvalue weighted by molar-refractivity contribution is 5.22. The fourth-order valence-corrected chi connectivity index (χ4v) is 3.85. The van der Waals surface area contributed by atoms with E-state index in [2.05, 4.69) is 19.2 Å². The molecule has 104 valence electrons. The van der Waals surface area contributed by atoms with Crippen LogP contribution in [0.1, 0.15) is 38.8 Å². The monoisotopic (exact) mass is 263 g/mol. The Bertz CT molecular complexity index is 474. The molecule has 0 spiro atoms. The molecule has 19 heavy (non-hydrogen) atoms. The third-order valence-corrected chi connectivity index (χ3v) is 4.90. The average Bonchev–Trinajstić information content (AvgIpc) is 2.83. The Morgan fingerprint density at radius 3 is 2.84 bits per heavy atom. The van der Waals surface area contributed by atoms with Gasteiger partial charge in [0, 0.05) is 35.6 Å². The topological polar surface area (TPSA) is 21.3 Å². The zero-order valence-corrected chi connectivity index (χ0v) is 11.8. The molecule has 1 N–H and O–H groups in total. The average molecular weight is 263 g/mol. The van der Waals surface area contributed by atoms with E-state index in [-0.39, 0.29) is 17.3 Å². The maximum absolute atomic E-state index is 13.8. The molecule has 1 saturated heterocycles. The van der Waals surface area contributed by atoms with Gasteiger partial charge in [0.15, 0.2) is 0 Å². The van der Waals surface area contributed by atoms with Gasteiger partial charge in [-0.05, 0) is 19.4 Å². The maximum Gasteiger partial charge on any atom is 0.127 e. The van der Waals surface area contributed by atoms with Gasteiger partial charge in [-0.25, -0.2) is 4.39 Å². The Kier molecular flexibility index (Phi) is 3.14. The van der Waals surface area contributed by atoms with Gasteiger partial charge < -0.3 is 10.1 Å². The van der Waals surface area contributed by atoms with Crippen LogP contribution in [0.25, 0.3) is 0 Å². The molecule has 3 rings (SSSR count). The fraction of sp³-hybridized carbons (Fsp3) is 0.625. The molecule has 1 aromatic rings. The molecule has 2 fully saturated rings. The van der Waals surface area contributed by atoms with E-state index in [9.17, 15) is 4.39 Å². The summed E-state index contributed by atoms with van der Waals surface area (Å²) in [7, 11) is 0. The SMILES string of the molecule is CC(NC1C2CCOC2C1(C)C)c1ccccc1F. The van der Waals surface area contributed by atoms with Crippen LogP contribution in [-0.4, -0.2) is 18.8 Å². The summed E-state index contributed by atoms with van der Waals surface area (Å²) in [6.07, 6.45) is 1.49. The van der Waals surface area contributed by atoms with Crippen molar-refractivity contribution in [1.29, 1.82) is 0 Å². The number of fused-ring (bicyclic) bond motifs is 1. The molecular formula is C16H22FNO. The lowest BCUT2D eigenvalue weighted by Gasteiger charge is -2.55. The van der Waals surface area contributed by atoms with Gasteiger partial charge >= 0.3 is 0 Å². The molecule has 4 unspecified atom stereocenters. The number of benzene rings is 1. The summed E-state index contributed by atoms with van der Waals surface area (Å²) in [4.78, 5) is 0. The molecular weight excluding hydrogens is 241 g/mol. The van der Waals surface area contributed by atoms with Crippen molar-refractivity contribution < 1.29 is 9.13 Å². The number of nitrogens with one attached hydrogen (secondary N) is 1. The van der Waals surface area contributed by atoms with Crippen LogP contribution in [0.4, 0.5) is 4.39 Å². The van der Waals surface area contributed by atoms with E-state index >= 15 is 0 Å². The predicted octanol–water partition coefficient (Wildman–Crippen LogP) is 3.29. The third kappa shape index (κ3) is 2.00. The molecule has 1 saturated carbocycles. The molecule has 0 bridgehead atoms. The lowest BCUT2D eigenvalue weighted by molar-refractivity contribution is -0.115. The molecule has 1 aliphatic heterocycles. The third-order valence-electron chi connectivity index (χ3n) is 4.90. The van der Waals surface area contributed by atoms with Gasteiger partial charge in [-0.3, -0.25) is 0 Å². The highest BCUT2D eigenvalue weighted by Gasteiger charge is 2.59. The van der Waals surface area contributed by atoms with E-state index in [4.69, 9.17) is 4.74 Å². The Morgan fingerprint density at radius 2 is 2.11 bits per heavy atom. The van der Waals surface area contributed by atoms with Crippen LogP contribution in [-0.2, 0) is 4.74 Å². The quantitative estimate of drug-likeness (QED) is 0.903. The minimum atomic E-state index is -0.126. The zero-order valence-electron chi connectivity index (χ0n) is 11.8. The largest absolute Gasteiger partial charge is 0.377 e. The number of hydrogen-bond donors (Lipinski definition) is 1. The first kappa shape index (κ1) is 13.1.